The highest BCUT2D eigenvalue weighted by Crippen LogP contribution is 2.26. The summed E-state index contributed by atoms with van der Waals surface area (Å²) in [6, 6.07) is 3.19. The van der Waals surface area contributed by atoms with Gasteiger partial charge in [-0.25, -0.2) is 4.98 Å². The predicted octanol–water partition coefficient (Wildman–Crippen LogP) is 1.16. The molecule has 18 heavy (non-hydrogen) atoms. The molecule has 2 N–H and O–H groups in total. The minimum absolute atomic E-state index is 0.0675. The van der Waals surface area contributed by atoms with Crippen molar-refractivity contribution in [2.45, 2.75) is 31.7 Å². The maximum atomic E-state index is 12.3. The number of hydrogen-bond donors (Lipinski definition) is 2. The van der Waals surface area contributed by atoms with Crippen molar-refractivity contribution in [2.75, 3.05) is 13.2 Å². The summed E-state index contributed by atoms with van der Waals surface area (Å²) >= 11 is 0. The van der Waals surface area contributed by atoms with E-state index in [1.165, 1.54) is 12.3 Å². The topological polar surface area (TPSA) is 73.7 Å². The minimum atomic E-state index is -0.297. The van der Waals surface area contributed by atoms with Gasteiger partial charge in [0.25, 0.3) is 5.91 Å². The molecule has 0 unspecified atom stereocenters. The quantitative estimate of drug-likeness (QED) is 0.841. The number of aliphatic hydroxyl groups excluding tert-OH is 1. The lowest BCUT2D eigenvalue weighted by molar-refractivity contribution is 0.0628. The van der Waals surface area contributed by atoms with E-state index >= 15 is 0 Å². The maximum Gasteiger partial charge on any atom is 0.276 e. The number of aliphatic hydroxyl groups is 1. The summed E-state index contributed by atoms with van der Waals surface area (Å²) in [5.74, 6) is -0.405. The molecule has 5 heteroatoms. The molecule has 1 saturated carbocycles. The van der Waals surface area contributed by atoms with Crippen LogP contribution in [0.25, 0.3) is 0 Å². The molecular formula is C13H18N2O3. The molecular weight excluding hydrogens is 232 g/mol. The second kappa shape index (κ2) is 5.82. The van der Waals surface area contributed by atoms with Crippen molar-refractivity contribution in [3.05, 3.63) is 24.0 Å². The van der Waals surface area contributed by atoms with Crippen LogP contribution in [0.15, 0.2) is 18.3 Å². The Hall–Kier alpha value is -1.62. The number of rotatable bonds is 4. The lowest BCUT2D eigenvalue weighted by Gasteiger charge is -2.28. The van der Waals surface area contributed by atoms with E-state index in [-0.39, 0.29) is 30.0 Å². The number of aromatic hydroxyl groups is 1. The number of nitrogens with zero attached hydrogens (tertiary/aromatic N) is 2. The Kier molecular flexibility index (Phi) is 4.15. The summed E-state index contributed by atoms with van der Waals surface area (Å²) in [6.45, 7) is 0.218. The van der Waals surface area contributed by atoms with Crippen LogP contribution in [0.5, 0.6) is 5.75 Å². The van der Waals surface area contributed by atoms with Crippen LogP contribution >= 0.6 is 0 Å². The van der Waals surface area contributed by atoms with Gasteiger partial charge in [-0.2, -0.15) is 0 Å². The molecule has 0 spiro atoms. The van der Waals surface area contributed by atoms with Crippen LogP contribution in [-0.2, 0) is 0 Å². The van der Waals surface area contributed by atoms with Crippen LogP contribution in [0.4, 0.5) is 0 Å². The van der Waals surface area contributed by atoms with Crippen molar-refractivity contribution >= 4 is 5.91 Å². The number of carbonyl (C=O) groups excluding carboxylic acids is 1. The zero-order valence-corrected chi connectivity index (χ0v) is 10.2. The lowest BCUT2D eigenvalue weighted by Crippen LogP contribution is -2.41. The largest absolute Gasteiger partial charge is 0.505 e. The molecule has 0 bridgehead atoms. The first kappa shape index (κ1) is 12.8. The van der Waals surface area contributed by atoms with E-state index in [1.54, 1.807) is 11.0 Å². The molecule has 98 valence electrons. The molecule has 0 saturated heterocycles. The first-order chi connectivity index (χ1) is 8.74. The number of pyridine rings is 1. The fraction of sp³-hybridized carbons (Fsp3) is 0.538. The number of amides is 1. The highest BCUT2D eigenvalue weighted by molar-refractivity contribution is 5.95. The second-order valence-corrected chi connectivity index (χ2v) is 4.53. The van der Waals surface area contributed by atoms with Crippen LogP contribution in [0, 0.1) is 0 Å². The molecule has 1 aromatic rings. The zero-order valence-electron chi connectivity index (χ0n) is 10.2. The lowest BCUT2D eigenvalue weighted by atomic mass is 10.2. The van der Waals surface area contributed by atoms with Gasteiger partial charge >= 0.3 is 0 Å². The third-order valence-corrected chi connectivity index (χ3v) is 3.36. The predicted molar refractivity (Wildman–Crippen MR) is 66.3 cm³/mol. The van der Waals surface area contributed by atoms with E-state index in [4.69, 9.17) is 5.11 Å². The van der Waals surface area contributed by atoms with Gasteiger partial charge in [0.2, 0.25) is 0 Å². The molecule has 0 radical (unpaired) electrons. The molecule has 1 aliphatic rings. The molecule has 0 aromatic carbocycles. The van der Waals surface area contributed by atoms with Crippen molar-refractivity contribution in [1.82, 2.24) is 9.88 Å². The Morgan fingerprint density at radius 3 is 2.78 bits per heavy atom. The molecule has 1 aromatic heterocycles. The molecule has 0 aliphatic heterocycles. The molecule has 1 heterocycles. The first-order valence-corrected chi connectivity index (χ1v) is 6.30. The van der Waals surface area contributed by atoms with Gasteiger partial charge in [-0.1, -0.05) is 12.8 Å². The van der Waals surface area contributed by atoms with Gasteiger partial charge in [0.15, 0.2) is 5.69 Å². The van der Waals surface area contributed by atoms with Crippen molar-refractivity contribution in [3.8, 4) is 5.75 Å². The van der Waals surface area contributed by atoms with Gasteiger partial charge in [-0.05, 0) is 25.0 Å². The van der Waals surface area contributed by atoms with Gasteiger partial charge < -0.3 is 15.1 Å². The minimum Gasteiger partial charge on any atom is -0.505 e. The van der Waals surface area contributed by atoms with Crippen LogP contribution in [0.3, 0.4) is 0 Å². The molecule has 1 aliphatic carbocycles. The first-order valence-electron chi connectivity index (χ1n) is 6.30. The van der Waals surface area contributed by atoms with E-state index in [1.807, 2.05) is 0 Å². The Balaban J connectivity index is 2.20. The second-order valence-electron chi connectivity index (χ2n) is 4.53. The molecule has 5 nitrogen and oxygen atoms in total. The third kappa shape index (κ3) is 2.61. The van der Waals surface area contributed by atoms with Gasteiger partial charge in [0, 0.05) is 18.8 Å². The SMILES string of the molecule is O=C(c1ncccc1O)N(CCO)C1CCCC1. The Labute approximate surface area is 106 Å². The highest BCUT2D eigenvalue weighted by atomic mass is 16.3. The Morgan fingerprint density at radius 1 is 1.44 bits per heavy atom. The highest BCUT2D eigenvalue weighted by Gasteiger charge is 2.28. The van der Waals surface area contributed by atoms with Crippen LogP contribution < -0.4 is 0 Å². The zero-order chi connectivity index (χ0) is 13.0. The average Bonchev–Trinajstić information content (AvgIpc) is 2.89. The van der Waals surface area contributed by atoms with Gasteiger partial charge in [0.1, 0.15) is 5.75 Å². The van der Waals surface area contributed by atoms with Crippen LogP contribution in [0.2, 0.25) is 0 Å². The van der Waals surface area contributed by atoms with Gasteiger partial charge in [-0.15, -0.1) is 0 Å². The van der Waals surface area contributed by atoms with E-state index < -0.39 is 0 Å². The summed E-state index contributed by atoms with van der Waals surface area (Å²) in [4.78, 5) is 17.9. The van der Waals surface area contributed by atoms with Gasteiger partial charge in [-0.3, -0.25) is 4.79 Å². The van der Waals surface area contributed by atoms with Crippen molar-refractivity contribution in [1.29, 1.82) is 0 Å². The van der Waals surface area contributed by atoms with E-state index in [0.29, 0.717) is 6.54 Å². The fourth-order valence-corrected chi connectivity index (χ4v) is 2.47. The summed E-state index contributed by atoms with van der Waals surface area (Å²) in [6.07, 6.45) is 5.61. The number of carbonyl (C=O) groups is 1. The van der Waals surface area contributed by atoms with E-state index in [9.17, 15) is 9.90 Å². The fourth-order valence-electron chi connectivity index (χ4n) is 2.47. The summed E-state index contributed by atoms with van der Waals surface area (Å²) in [7, 11) is 0. The number of aromatic nitrogens is 1. The molecule has 1 fully saturated rings. The molecule has 1 amide bonds. The molecule has 2 rings (SSSR count). The third-order valence-electron chi connectivity index (χ3n) is 3.36. The van der Waals surface area contributed by atoms with Crippen molar-refractivity contribution in [2.24, 2.45) is 0 Å². The summed E-state index contributed by atoms with van der Waals surface area (Å²) in [5, 5.41) is 18.8. The van der Waals surface area contributed by atoms with E-state index in [2.05, 4.69) is 4.98 Å². The normalized spacial score (nSPS) is 15.8. The monoisotopic (exact) mass is 250 g/mol. The number of hydrogen-bond acceptors (Lipinski definition) is 4. The van der Waals surface area contributed by atoms with Crippen molar-refractivity contribution in [3.63, 3.8) is 0 Å². The summed E-state index contributed by atoms with van der Waals surface area (Å²) < 4.78 is 0. The average molecular weight is 250 g/mol. The Bertz CT molecular complexity index is 416. The summed E-state index contributed by atoms with van der Waals surface area (Å²) in [5.41, 5.74) is 0.0675. The smallest absolute Gasteiger partial charge is 0.276 e. The molecule has 0 atom stereocenters. The standard InChI is InChI=1S/C13H18N2O3/c16-9-8-15(10-4-1-2-5-10)13(18)12-11(17)6-3-7-14-12/h3,6-7,10,16-17H,1-2,4-5,8-9H2. The van der Waals surface area contributed by atoms with Crippen molar-refractivity contribution < 1.29 is 15.0 Å². The maximum absolute atomic E-state index is 12.3. The Morgan fingerprint density at radius 2 is 2.17 bits per heavy atom. The van der Waals surface area contributed by atoms with Crippen LogP contribution in [0.1, 0.15) is 36.2 Å². The van der Waals surface area contributed by atoms with Gasteiger partial charge in [0.05, 0.1) is 6.61 Å². The van der Waals surface area contributed by atoms with Crippen LogP contribution in [-0.4, -0.2) is 45.2 Å². The van der Waals surface area contributed by atoms with E-state index in [0.717, 1.165) is 25.7 Å².